The van der Waals surface area contributed by atoms with Crippen molar-refractivity contribution in [2.45, 2.75) is 6.42 Å². The molecule has 1 aliphatic heterocycles. The molecule has 1 fully saturated rings. The Morgan fingerprint density at radius 3 is 2.83 bits per heavy atom. The molecule has 1 N–H and O–H groups in total. The van der Waals surface area contributed by atoms with Crippen LogP contribution < -0.4 is 4.72 Å². The van der Waals surface area contributed by atoms with E-state index in [0.29, 0.717) is 0 Å². The molecular formula is C3H5NS2. The second-order valence-electron chi connectivity index (χ2n) is 1.12. The van der Waals surface area contributed by atoms with Gasteiger partial charge >= 0.3 is 0 Å². The van der Waals surface area contributed by atoms with Gasteiger partial charge in [0.2, 0.25) is 0 Å². The van der Waals surface area contributed by atoms with Gasteiger partial charge in [-0.1, -0.05) is 24.2 Å². The molecule has 1 rings (SSSR count). The van der Waals surface area contributed by atoms with Gasteiger partial charge in [-0.25, -0.2) is 0 Å². The summed E-state index contributed by atoms with van der Waals surface area (Å²) in [6.07, 6.45) is 1.07. The second kappa shape index (κ2) is 1.80. The van der Waals surface area contributed by atoms with Crippen LogP contribution in [0.4, 0.5) is 0 Å². The number of thiocarbonyl (C=S) groups is 1. The van der Waals surface area contributed by atoms with Crippen LogP contribution in [0.1, 0.15) is 6.42 Å². The molecule has 1 heterocycles. The van der Waals surface area contributed by atoms with E-state index >= 15 is 0 Å². The molecule has 0 aromatic carbocycles. The smallest absolute Gasteiger partial charge is 0.0861 e. The molecule has 1 nitrogen and oxygen atoms in total. The summed E-state index contributed by atoms with van der Waals surface area (Å²) in [5.74, 6) is 1.15. The van der Waals surface area contributed by atoms with E-state index in [4.69, 9.17) is 12.2 Å². The van der Waals surface area contributed by atoms with Crippen LogP contribution in [0, 0.1) is 0 Å². The van der Waals surface area contributed by atoms with Crippen molar-refractivity contribution in [2.24, 2.45) is 0 Å². The summed E-state index contributed by atoms with van der Waals surface area (Å²) in [5, 5.41) is 0. The average molecular weight is 119 g/mol. The lowest BCUT2D eigenvalue weighted by Crippen LogP contribution is -2.01. The maximum Gasteiger partial charge on any atom is 0.0861 e. The molecule has 0 radical (unpaired) electrons. The first kappa shape index (κ1) is 4.40. The molecule has 6 heavy (non-hydrogen) atoms. The highest BCUT2D eigenvalue weighted by Gasteiger charge is 2.02. The third-order valence-electron chi connectivity index (χ3n) is 0.617. The lowest BCUT2D eigenvalue weighted by Gasteiger charge is -1.82. The van der Waals surface area contributed by atoms with Crippen LogP contribution in [0.15, 0.2) is 0 Å². The number of hydrogen-bond acceptors (Lipinski definition) is 2. The van der Waals surface area contributed by atoms with Crippen LogP contribution in [-0.4, -0.2) is 10.7 Å². The Balaban J connectivity index is 2.37. The molecule has 3 heteroatoms. The second-order valence-corrected chi connectivity index (χ2v) is 2.52. The summed E-state index contributed by atoms with van der Waals surface area (Å²) in [6.45, 7) is 0. The summed E-state index contributed by atoms with van der Waals surface area (Å²) in [5.41, 5.74) is 0. The fraction of sp³-hybridized carbons (Fsp3) is 0.667. The fourth-order valence-electron chi connectivity index (χ4n) is 0.326. The van der Waals surface area contributed by atoms with Gasteiger partial charge < -0.3 is 4.72 Å². The van der Waals surface area contributed by atoms with Crippen molar-refractivity contribution in [1.29, 1.82) is 0 Å². The Kier molecular flexibility index (Phi) is 1.32. The molecule has 0 bridgehead atoms. The van der Waals surface area contributed by atoms with Crippen LogP contribution >= 0.6 is 24.2 Å². The number of hydrogen-bond donors (Lipinski definition) is 1. The van der Waals surface area contributed by atoms with E-state index in [1.165, 1.54) is 0 Å². The van der Waals surface area contributed by atoms with Crippen molar-refractivity contribution in [3.8, 4) is 0 Å². The minimum atomic E-state index is 1.00. The summed E-state index contributed by atoms with van der Waals surface area (Å²) in [7, 11) is 0. The largest absolute Gasteiger partial charge is 0.324 e. The first-order chi connectivity index (χ1) is 2.89. The van der Waals surface area contributed by atoms with Crippen LogP contribution in [0.5, 0.6) is 0 Å². The van der Waals surface area contributed by atoms with E-state index in [1.54, 1.807) is 11.9 Å². The van der Waals surface area contributed by atoms with Crippen LogP contribution in [0.2, 0.25) is 0 Å². The first-order valence-electron chi connectivity index (χ1n) is 1.80. The molecule has 0 aliphatic carbocycles. The zero-order valence-corrected chi connectivity index (χ0v) is 4.86. The highest BCUT2D eigenvalue weighted by molar-refractivity contribution is 7.99. The van der Waals surface area contributed by atoms with Crippen molar-refractivity contribution < 1.29 is 0 Å². The van der Waals surface area contributed by atoms with Gasteiger partial charge in [0.05, 0.1) is 4.99 Å². The molecule has 0 saturated carbocycles. The third-order valence-corrected chi connectivity index (χ3v) is 1.85. The van der Waals surface area contributed by atoms with Crippen molar-refractivity contribution in [3.63, 3.8) is 0 Å². The van der Waals surface area contributed by atoms with E-state index in [1.807, 2.05) is 0 Å². The van der Waals surface area contributed by atoms with Crippen LogP contribution in [-0.2, 0) is 0 Å². The highest BCUT2D eigenvalue weighted by atomic mass is 32.2. The molecular weight excluding hydrogens is 114 g/mol. The summed E-state index contributed by atoms with van der Waals surface area (Å²) >= 11 is 6.48. The predicted molar refractivity (Wildman–Crippen MR) is 32.8 cm³/mol. The van der Waals surface area contributed by atoms with Gasteiger partial charge in [0.1, 0.15) is 0 Å². The third kappa shape index (κ3) is 0.849. The Hall–Kier alpha value is 0.240. The van der Waals surface area contributed by atoms with Gasteiger partial charge in [0.15, 0.2) is 0 Å². The quantitative estimate of drug-likeness (QED) is 0.377. The van der Waals surface area contributed by atoms with Gasteiger partial charge in [-0.15, -0.1) is 0 Å². The van der Waals surface area contributed by atoms with Crippen molar-refractivity contribution in [1.82, 2.24) is 4.72 Å². The SMILES string of the molecule is S=C1CCSN1. The lowest BCUT2D eigenvalue weighted by molar-refractivity contribution is 1.35. The minimum absolute atomic E-state index is 1.00. The maximum absolute atomic E-state index is 4.79. The Morgan fingerprint density at radius 1 is 1.83 bits per heavy atom. The van der Waals surface area contributed by atoms with Crippen molar-refractivity contribution in [3.05, 3.63) is 0 Å². The predicted octanol–water partition coefficient (Wildman–Crippen LogP) is 0.955. The normalized spacial score (nSPS) is 21.0. The Labute approximate surface area is 46.6 Å². The summed E-state index contributed by atoms with van der Waals surface area (Å²) in [6, 6.07) is 0. The monoisotopic (exact) mass is 119 g/mol. The van der Waals surface area contributed by atoms with Crippen LogP contribution in [0.3, 0.4) is 0 Å². The van der Waals surface area contributed by atoms with Crippen molar-refractivity contribution in [2.75, 3.05) is 5.75 Å². The van der Waals surface area contributed by atoms with E-state index in [0.717, 1.165) is 17.2 Å². The first-order valence-corrected chi connectivity index (χ1v) is 3.19. The van der Waals surface area contributed by atoms with Gasteiger partial charge in [-0.05, 0) is 0 Å². The molecule has 1 aliphatic rings. The topological polar surface area (TPSA) is 12.0 Å². The van der Waals surface area contributed by atoms with E-state index in [9.17, 15) is 0 Å². The van der Waals surface area contributed by atoms with Crippen molar-refractivity contribution >= 4 is 29.2 Å². The van der Waals surface area contributed by atoms with E-state index in [2.05, 4.69) is 4.72 Å². The van der Waals surface area contributed by atoms with Gasteiger partial charge in [0.25, 0.3) is 0 Å². The fourth-order valence-corrected chi connectivity index (χ4v) is 1.41. The summed E-state index contributed by atoms with van der Waals surface area (Å²) < 4.78 is 2.97. The summed E-state index contributed by atoms with van der Waals surface area (Å²) in [4.78, 5) is 1.00. The minimum Gasteiger partial charge on any atom is -0.324 e. The molecule has 34 valence electrons. The van der Waals surface area contributed by atoms with Gasteiger partial charge in [-0.3, -0.25) is 0 Å². The standard InChI is InChI=1S/C3H5NS2/c5-3-1-2-6-4-3/h1-2H2,(H,4,5). The van der Waals surface area contributed by atoms with E-state index in [-0.39, 0.29) is 0 Å². The Morgan fingerprint density at radius 2 is 2.67 bits per heavy atom. The molecule has 0 aromatic heterocycles. The lowest BCUT2D eigenvalue weighted by atomic mass is 10.5. The zero-order valence-electron chi connectivity index (χ0n) is 3.23. The van der Waals surface area contributed by atoms with E-state index < -0.39 is 0 Å². The Bertz CT molecular complexity index is 63.2. The molecule has 0 unspecified atom stereocenters. The van der Waals surface area contributed by atoms with Crippen LogP contribution in [0.25, 0.3) is 0 Å². The van der Waals surface area contributed by atoms with Gasteiger partial charge in [-0.2, -0.15) is 0 Å². The highest BCUT2D eigenvalue weighted by Crippen LogP contribution is 2.06. The maximum atomic E-state index is 4.79. The number of nitrogens with one attached hydrogen (secondary N) is 1. The molecule has 0 spiro atoms. The molecule has 0 amide bonds. The molecule has 0 atom stereocenters. The zero-order chi connectivity index (χ0) is 4.41. The molecule has 1 saturated heterocycles. The number of rotatable bonds is 0. The van der Waals surface area contributed by atoms with Gasteiger partial charge in [0, 0.05) is 12.2 Å². The average Bonchev–Trinajstić information content (AvgIpc) is 1.86. The molecule has 0 aromatic rings.